The van der Waals surface area contributed by atoms with Crippen LogP contribution in [-0.2, 0) is 15.1 Å². The number of nitrogens with zero attached hydrogens (tertiary/aromatic N) is 4. The van der Waals surface area contributed by atoms with Crippen molar-refractivity contribution in [1.29, 1.82) is 0 Å². The Bertz CT molecular complexity index is 2130. The smallest absolute Gasteiger partial charge is 0.422 e. The summed E-state index contributed by atoms with van der Waals surface area (Å²) in [7, 11) is 0. The average molecular weight is 768 g/mol. The number of aromatic nitrogens is 4. The molecule has 0 aliphatic heterocycles. The van der Waals surface area contributed by atoms with Gasteiger partial charge in [-0.25, -0.2) is 4.98 Å². The Hall–Kier alpha value is -5.55. The molecule has 2 aromatic heterocycles. The molecule has 0 bridgehead atoms. The van der Waals surface area contributed by atoms with Gasteiger partial charge < -0.3 is 31.3 Å². The van der Waals surface area contributed by atoms with Gasteiger partial charge in [0.2, 0.25) is 11.9 Å². The summed E-state index contributed by atoms with van der Waals surface area (Å²) in [6.07, 6.45) is -3.13. The van der Waals surface area contributed by atoms with E-state index in [9.17, 15) is 27.6 Å². The van der Waals surface area contributed by atoms with Crippen LogP contribution < -0.4 is 31.3 Å². The summed E-state index contributed by atoms with van der Waals surface area (Å²) in [5, 5.41) is 14.7. The van der Waals surface area contributed by atoms with Crippen molar-refractivity contribution in [1.82, 2.24) is 30.6 Å². The third kappa shape index (κ3) is 10.1. The lowest BCUT2D eigenvalue weighted by molar-refractivity contribution is -0.154. The molecule has 53 heavy (non-hydrogen) atoms. The number of amides is 3. The molecule has 276 valence electrons. The van der Waals surface area contributed by atoms with Crippen LogP contribution in [0.25, 0.3) is 10.2 Å². The van der Waals surface area contributed by atoms with Crippen molar-refractivity contribution in [3.05, 3.63) is 88.4 Å². The normalized spacial score (nSPS) is 13.5. The molecular weight excluding hydrogens is 735 g/mol. The molecule has 1 aliphatic carbocycles. The highest BCUT2D eigenvalue weighted by Crippen LogP contribution is 2.48. The summed E-state index contributed by atoms with van der Waals surface area (Å²) >= 11 is 7.45. The standard InChI is InChI=1S/C35H33ClF3N9O4S/c1-33(2,17-41-28(50)29(51)43-24-11-12-25-26(15-24)53-19-42-25)16-40-27(49)20-3-9-23(10-4-20)44-30-45-31(47-32(46-30)52-18-35(37,38)39)48-34(13-14-34)21-5-7-22(36)8-6-21/h3-12,15,19H,13-14,16-18H2,1-2H3,(H,40,49)(H,41,50)(H,43,51)(H2,44,45,46,47,48). The molecule has 18 heteroatoms. The third-order valence-electron chi connectivity index (χ3n) is 8.13. The summed E-state index contributed by atoms with van der Waals surface area (Å²) in [4.78, 5) is 54.5. The van der Waals surface area contributed by atoms with E-state index in [2.05, 4.69) is 46.5 Å². The number of anilines is 4. The van der Waals surface area contributed by atoms with Crippen LogP contribution >= 0.6 is 22.9 Å². The fourth-order valence-electron chi connectivity index (χ4n) is 5.11. The number of nitrogens with one attached hydrogen (secondary N) is 5. The molecule has 1 fully saturated rings. The van der Waals surface area contributed by atoms with Crippen molar-refractivity contribution >= 4 is 74.1 Å². The number of ether oxygens (including phenoxy) is 1. The number of fused-ring (bicyclic) bond motifs is 1. The molecule has 1 aliphatic rings. The van der Waals surface area contributed by atoms with E-state index in [0.29, 0.717) is 22.0 Å². The number of rotatable bonds is 13. The fourth-order valence-corrected chi connectivity index (χ4v) is 5.95. The molecule has 5 N–H and O–H groups in total. The zero-order chi connectivity index (χ0) is 37.8. The quantitative estimate of drug-likeness (QED) is 0.0841. The summed E-state index contributed by atoms with van der Waals surface area (Å²) in [5.41, 5.74) is 3.50. The number of benzene rings is 3. The molecule has 13 nitrogen and oxygen atoms in total. The first-order chi connectivity index (χ1) is 25.2. The second kappa shape index (κ2) is 15.2. The van der Waals surface area contributed by atoms with E-state index in [1.165, 1.54) is 11.3 Å². The highest BCUT2D eigenvalue weighted by atomic mass is 35.5. The zero-order valence-electron chi connectivity index (χ0n) is 28.3. The minimum Gasteiger partial charge on any atom is -0.454 e. The molecule has 0 radical (unpaired) electrons. The van der Waals surface area contributed by atoms with Crippen LogP contribution in [0.15, 0.2) is 72.2 Å². The maximum Gasteiger partial charge on any atom is 0.422 e. The molecule has 1 saturated carbocycles. The van der Waals surface area contributed by atoms with Gasteiger partial charge in [0.15, 0.2) is 6.61 Å². The molecule has 0 unspecified atom stereocenters. The number of alkyl halides is 3. The van der Waals surface area contributed by atoms with Gasteiger partial charge in [-0.2, -0.15) is 28.1 Å². The van der Waals surface area contributed by atoms with Crippen LogP contribution in [0.3, 0.4) is 0 Å². The first-order valence-corrected chi connectivity index (χ1v) is 17.5. The highest BCUT2D eigenvalue weighted by Gasteiger charge is 2.45. The van der Waals surface area contributed by atoms with Crippen LogP contribution in [0.5, 0.6) is 6.01 Å². The summed E-state index contributed by atoms with van der Waals surface area (Å²) in [6.45, 7) is 2.33. The van der Waals surface area contributed by atoms with Crippen molar-refractivity contribution < 1.29 is 32.3 Å². The van der Waals surface area contributed by atoms with E-state index in [0.717, 1.165) is 28.6 Å². The topological polar surface area (TPSA) is 172 Å². The Kier molecular flexibility index (Phi) is 10.7. The molecule has 0 saturated heterocycles. The first kappa shape index (κ1) is 37.2. The summed E-state index contributed by atoms with van der Waals surface area (Å²) < 4.78 is 44.5. The van der Waals surface area contributed by atoms with Crippen LogP contribution in [-0.4, -0.2) is 63.5 Å². The van der Waals surface area contributed by atoms with Gasteiger partial charge in [-0.1, -0.05) is 37.6 Å². The van der Waals surface area contributed by atoms with E-state index < -0.39 is 47.5 Å². The van der Waals surface area contributed by atoms with Gasteiger partial charge in [-0.05, 0) is 78.4 Å². The molecule has 0 spiro atoms. The van der Waals surface area contributed by atoms with Crippen LogP contribution in [0.4, 0.5) is 36.4 Å². The number of carbonyl (C=O) groups excluding carboxylic acids is 3. The SMILES string of the molecule is CC(C)(CNC(=O)C(=O)Nc1ccc2ncsc2c1)CNC(=O)c1ccc(Nc2nc(NC3(c4ccc(Cl)cc4)CC3)nc(OCC(F)(F)F)n2)cc1. The van der Waals surface area contributed by atoms with Gasteiger partial charge in [-0.15, -0.1) is 11.3 Å². The summed E-state index contributed by atoms with van der Waals surface area (Å²) in [6, 6.07) is 18.1. The molecular formula is C35H33ClF3N9O4S. The lowest BCUT2D eigenvalue weighted by atomic mass is 9.93. The van der Waals surface area contributed by atoms with E-state index in [1.807, 2.05) is 26.0 Å². The van der Waals surface area contributed by atoms with Gasteiger partial charge in [0, 0.05) is 35.1 Å². The lowest BCUT2D eigenvalue weighted by Gasteiger charge is -2.25. The fraction of sp³-hybridized carbons (Fsp3) is 0.286. The predicted molar refractivity (Wildman–Crippen MR) is 194 cm³/mol. The van der Waals surface area contributed by atoms with Gasteiger partial charge in [0.05, 0.1) is 21.3 Å². The van der Waals surface area contributed by atoms with Crippen molar-refractivity contribution in [2.75, 3.05) is 35.6 Å². The zero-order valence-corrected chi connectivity index (χ0v) is 29.9. The number of hydrogen-bond donors (Lipinski definition) is 5. The van der Waals surface area contributed by atoms with Crippen LogP contribution in [0, 0.1) is 5.41 Å². The molecule has 3 aromatic carbocycles. The van der Waals surface area contributed by atoms with Crippen molar-refractivity contribution in [2.24, 2.45) is 5.41 Å². The number of halogens is 4. The number of thiazole rings is 1. The van der Waals surface area contributed by atoms with E-state index in [4.69, 9.17) is 16.3 Å². The predicted octanol–water partition coefficient (Wildman–Crippen LogP) is 6.43. The lowest BCUT2D eigenvalue weighted by Crippen LogP contribution is -2.44. The highest BCUT2D eigenvalue weighted by molar-refractivity contribution is 7.16. The maximum absolute atomic E-state index is 13.0. The second-order valence-electron chi connectivity index (χ2n) is 13.1. The summed E-state index contributed by atoms with van der Waals surface area (Å²) in [5.74, 6) is -2.09. The Balaban J connectivity index is 1.03. The molecule has 3 amide bonds. The van der Waals surface area contributed by atoms with Gasteiger partial charge >= 0.3 is 24.0 Å². The minimum atomic E-state index is -4.61. The van der Waals surface area contributed by atoms with Crippen molar-refractivity contribution in [2.45, 2.75) is 38.4 Å². The number of hydrogen-bond acceptors (Lipinski definition) is 11. The van der Waals surface area contributed by atoms with Gasteiger partial charge in [0.1, 0.15) is 0 Å². The van der Waals surface area contributed by atoms with Gasteiger partial charge in [0.25, 0.3) is 5.91 Å². The molecule has 6 rings (SSSR count). The third-order valence-corrected chi connectivity index (χ3v) is 9.18. The Morgan fingerprint density at radius 3 is 2.25 bits per heavy atom. The maximum atomic E-state index is 13.0. The Morgan fingerprint density at radius 1 is 0.868 bits per heavy atom. The van der Waals surface area contributed by atoms with Crippen LogP contribution in [0.2, 0.25) is 5.02 Å². The van der Waals surface area contributed by atoms with Crippen molar-refractivity contribution in [3.8, 4) is 6.01 Å². The second-order valence-corrected chi connectivity index (χ2v) is 14.4. The molecule has 2 heterocycles. The van der Waals surface area contributed by atoms with E-state index >= 15 is 0 Å². The largest absolute Gasteiger partial charge is 0.454 e. The van der Waals surface area contributed by atoms with Crippen molar-refractivity contribution in [3.63, 3.8) is 0 Å². The number of carbonyl (C=O) groups is 3. The van der Waals surface area contributed by atoms with Gasteiger partial charge in [-0.3, -0.25) is 14.4 Å². The Morgan fingerprint density at radius 2 is 1.55 bits per heavy atom. The molecule has 5 aromatic rings. The monoisotopic (exact) mass is 767 g/mol. The van der Waals surface area contributed by atoms with Crippen LogP contribution in [0.1, 0.15) is 42.6 Å². The minimum absolute atomic E-state index is 0.0105. The average Bonchev–Trinajstić information content (AvgIpc) is 3.74. The first-order valence-electron chi connectivity index (χ1n) is 16.2. The van der Waals surface area contributed by atoms with E-state index in [1.54, 1.807) is 60.1 Å². The Labute approximate surface area is 310 Å². The van der Waals surface area contributed by atoms with E-state index in [-0.39, 0.29) is 25.0 Å². The molecule has 0 atom stereocenters.